The maximum Gasteiger partial charge on any atom is 0.243 e. The molecule has 1 aliphatic rings. The number of anilines is 1. The predicted octanol–water partition coefficient (Wildman–Crippen LogP) is 4.11. The molecule has 0 aliphatic carbocycles. The number of nitrogens with one attached hydrogen (secondary N) is 1. The molecule has 0 atom stereocenters. The summed E-state index contributed by atoms with van der Waals surface area (Å²) in [7, 11) is -2.04. The van der Waals surface area contributed by atoms with Gasteiger partial charge in [0.2, 0.25) is 21.0 Å². The molecular formula is C21H23N5O4S3. The number of hydrogen-bond acceptors (Lipinski definition) is 7. The number of aryl methyl sites for hydroxylation is 1. The van der Waals surface area contributed by atoms with Gasteiger partial charge in [-0.05, 0) is 54.9 Å². The van der Waals surface area contributed by atoms with E-state index in [0.717, 1.165) is 10.6 Å². The zero-order chi connectivity index (χ0) is 23.6. The maximum absolute atomic E-state index is 13.1. The van der Waals surface area contributed by atoms with Crippen molar-refractivity contribution in [2.75, 3.05) is 37.9 Å². The second kappa shape index (κ2) is 9.77. The number of azo groups is 1. The molecule has 174 valence electrons. The minimum atomic E-state index is -3.70. The first-order chi connectivity index (χ1) is 15.8. The Morgan fingerprint density at radius 1 is 1.21 bits per heavy atom. The van der Waals surface area contributed by atoms with Gasteiger partial charge in [-0.3, -0.25) is 0 Å². The van der Waals surface area contributed by atoms with E-state index in [0.29, 0.717) is 37.2 Å². The summed E-state index contributed by atoms with van der Waals surface area (Å²) in [6.07, 6.45) is 1.98. The number of sulfonamides is 1. The second-order valence-electron chi connectivity index (χ2n) is 7.29. The largest absolute Gasteiger partial charge is 0.493 e. The van der Waals surface area contributed by atoms with Crippen molar-refractivity contribution in [3.8, 4) is 5.88 Å². The van der Waals surface area contributed by atoms with E-state index >= 15 is 0 Å². The van der Waals surface area contributed by atoms with E-state index in [1.54, 1.807) is 24.9 Å². The van der Waals surface area contributed by atoms with Gasteiger partial charge in [-0.15, -0.1) is 22.0 Å². The molecule has 1 aliphatic heterocycles. The Bertz CT molecular complexity index is 1330. The van der Waals surface area contributed by atoms with Crippen LogP contribution >= 0.6 is 24.0 Å². The van der Waals surface area contributed by atoms with E-state index in [2.05, 4.69) is 15.5 Å². The Balaban J connectivity index is 1.64. The minimum Gasteiger partial charge on any atom is -0.493 e. The van der Waals surface area contributed by atoms with Gasteiger partial charge in [-0.1, -0.05) is 6.07 Å². The van der Waals surface area contributed by atoms with Crippen LogP contribution in [0.1, 0.15) is 0 Å². The summed E-state index contributed by atoms with van der Waals surface area (Å²) >= 11 is 6.88. The maximum atomic E-state index is 13.1. The average Bonchev–Trinajstić information content (AvgIpc) is 3.07. The van der Waals surface area contributed by atoms with Gasteiger partial charge in [0.15, 0.2) is 5.69 Å². The molecular weight excluding hydrogens is 482 g/mol. The highest BCUT2D eigenvalue weighted by molar-refractivity contribution is 7.98. The number of thiocarbonyl (C=S) groups is 1. The molecule has 0 spiro atoms. The molecule has 12 heteroatoms. The van der Waals surface area contributed by atoms with Gasteiger partial charge in [0.05, 0.1) is 23.6 Å². The van der Waals surface area contributed by atoms with Gasteiger partial charge in [0.1, 0.15) is 0 Å². The lowest BCUT2D eigenvalue weighted by molar-refractivity contribution is 0.0730. The molecule has 0 bridgehead atoms. The van der Waals surface area contributed by atoms with Crippen LogP contribution in [0.4, 0.5) is 11.4 Å². The zero-order valence-electron chi connectivity index (χ0n) is 18.1. The Kier molecular flexibility index (Phi) is 7.00. The first-order valence-corrected chi connectivity index (χ1v) is 13.1. The number of benzene rings is 2. The summed E-state index contributed by atoms with van der Waals surface area (Å²) in [6, 6.07) is 12.4. The summed E-state index contributed by atoms with van der Waals surface area (Å²) in [5, 5.41) is 22.4. The third-order valence-electron chi connectivity index (χ3n) is 5.28. The highest BCUT2D eigenvalue weighted by Crippen LogP contribution is 2.39. The standard InChI is InChI=1S/C21H23N5O4S3/c1-25-18-7-6-16(33(28,29)26-8-10-30-11-9-26)13-17(18)19(20(25)27)23-24-21(31)22-14-4-3-5-15(12-14)32-2/h3-7,12-13,27H,8-11H2,1-2H3,(H,22,31). The van der Waals surface area contributed by atoms with Crippen LogP contribution in [0.5, 0.6) is 5.88 Å². The molecule has 9 nitrogen and oxygen atoms in total. The molecule has 33 heavy (non-hydrogen) atoms. The van der Waals surface area contributed by atoms with Gasteiger partial charge >= 0.3 is 0 Å². The summed E-state index contributed by atoms with van der Waals surface area (Å²) in [5.41, 5.74) is 1.54. The van der Waals surface area contributed by atoms with Crippen molar-refractivity contribution >= 4 is 61.4 Å². The van der Waals surface area contributed by atoms with Crippen molar-refractivity contribution in [3.63, 3.8) is 0 Å². The lowest BCUT2D eigenvalue weighted by Crippen LogP contribution is -2.40. The van der Waals surface area contributed by atoms with E-state index in [4.69, 9.17) is 17.0 Å². The van der Waals surface area contributed by atoms with Crippen LogP contribution in [0.15, 0.2) is 62.5 Å². The molecule has 2 N–H and O–H groups in total. The Hall–Kier alpha value is -2.51. The van der Waals surface area contributed by atoms with Gasteiger partial charge < -0.3 is 19.7 Å². The van der Waals surface area contributed by atoms with Crippen LogP contribution in [0.3, 0.4) is 0 Å². The molecule has 4 rings (SSSR count). The zero-order valence-corrected chi connectivity index (χ0v) is 20.5. The minimum absolute atomic E-state index is 0.113. The number of aromatic nitrogens is 1. The number of thioether (sulfide) groups is 1. The number of fused-ring (bicyclic) bond motifs is 1. The van der Waals surface area contributed by atoms with Crippen LogP contribution < -0.4 is 5.32 Å². The normalized spacial score (nSPS) is 15.3. The quantitative estimate of drug-likeness (QED) is 0.305. The van der Waals surface area contributed by atoms with Crippen molar-refractivity contribution in [2.45, 2.75) is 9.79 Å². The van der Waals surface area contributed by atoms with Gasteiger partial charge in [0.25, 0.3) is 0 Å². The first-order valence-electron chi connectivity index (χ1n) is 10.1. The summed E-state index contributed by atoms with van der Waals surface area (Å²) < 4.78 is 34.3. The lowest BCUT2D eigenvalue weighted by Gasteiger charge is -2.26. The van der Waals surface area contributed by atoms with E-state index in [1.165, 1.54) is 21.0 Å². The monoisotopic (exact) mass is 505 g/mol. The molecule has 0 saturated carbocycles. The van der Waals surface area contributed by atoms with Gasteiger partial charge in [-0.2, -0.15) is 4.31 Å². The van der Waals surface area contributed by atoms with E-state index in [1.807, 2.05) is 30.5 Å². The third-order valence-corrected chi connectivity index (χ3v) is 8.09. The Morgan fingerprint density at radius 3 is 2.70 bits per heavy atom. The number of hydrogen-bond donors (Lipinski definition) is 2. The molecule has 0 amide bonds. The smallest absolute Gasteiger partial charge is 0.243 e. The fourth-order valence-electron chi connectivity index (χ4n) is 3.53. The number of ether oxygens (including phenoxy) is 1. The van der Waals surface area contributed by atoms with Crippen LogP contribution in [0, 0.1) is 0 Å². The van der Waals surface area contributed by atoms with Crippen LogP contribution in [-0.2, 0) is 21.8 Å². The number of aromatic hydroxyl groups is 1. The van der Waals surface area contributed by atoms with E-state index in [9.17, 15) is 13.5 Å². The summed E-state index contributed by atoms with van der Waals surface area (Å²) in [6.45, 7) is 1.31. The van der Waals surface area contributed by atoms with Crippen LogP contribution in [0.25, 0.3) is 10.9 Å². The lowest BCUT2D eigenvalue weighted by atomic mass is 10.2. The second-order valence-corrected chi connectivity index (χ2v) is 10.5. The average molecular weight is 506 g/mol. The molecule has 0 radical (unpaired) electrons. The molecule has 1 aromatic heterocycles. The Labute approximate surface area is 201 Å². The molecule has 1 saturated heterocycles. The number of nitrogens with zero attached hydrogens (tertiary/aromatic N) is 4. The summed E-state index contributed by atoms with van der Waals surface area (Å²) in [5.74, 6) is -0.137. The fourth-order valence-corrected chi connectivity index (χ4v) is 5.58. The molecule has 0 unspecified atom stereocenters. The van der Waals surface area contributed by atoms with E-state index < -0.39 is 10.0 Å². The van der Waals surface area contributed by atoms with Crippen molar-refractivity contribution in [1.29, 1.82) is 0 Å². The number of rotatable bonds is 5. The number of morpholine rings is 1. The van der Waals surface area contributed by atoms with Crippen molar-refractivity contribution in [2.24, 2.45) is 17.3 Å². The fraction of sp³-hybridized carbons (Fsp3) is 0.286. The summed E-state index contributed by atoms with van der Waals surface area (Å²) in [4.78, 5) is 1.19. The highest BCUT2D eigenvalue weighted by Gasteiger charge is 2.27. The molecule has 3 aromatic rings. The molecule has 2 aromatic carbocycles. The topological polar surface area (TPSA) is 109 Å². The first kappa shape index (κ1) is 23.6. The van der Waals surface area contributed by atoms with Crippen molar-refractivity contribution in [3.05, 3.63) is 42.5 Å². The van der Waals surface area contributed by atoms with Crippen molar-refractivity contribution < 1.29 is 18.3 Å². The molecule has 2 heterocycles. The van der Waals surface area contributed by atoms with Gasteiger partial charge in [0, 0.05) is 36.1 Å². The third kappa shape index (κ3) is 4.89. The van der Waals surface area contributed by atoms with Crippen molar-refractivity contribution in [1.82, 2.24) is 8.87 Å². The van der Waals surface area contributed by atoms with Gasteiger partial charge in [-0.25, -0.2) is 8.42 Å². The SMILES string of the molecule is CSc1cccc(NC(=S)N=Nc2c(O)n(C)c3ccc(S(=O)(=O)N4CCOCC4)cc23)c1. The van der Waals surface area contributed by atoms with Crippen LogP contribution in [-0.4, -0.2) is 60.1 Å². The molecule has 1 fully saturated rings. The van der Waals surface area contributed by atoms with Crippen LogP contribution in [0.2, 0.25) is 0 Å². The van der Waals surface area contributed by atoms with E-state index in [-0.39, 0.29) is 21.6 Å². The highest BCUT2D eigenvalue weighted by atomic mass is 32.2. The predicted molar refractivity (Wildman–Crippen MR) is 133 cm³/mol. The Morgan fingerprint density at radius 2 is 1.97 bits per heavy atom.